The van der Waals surface area contributed by atoms with E-state index in [2.05, 4.69) is 15.3 Å². The topological polar surface area (TPSA) is 121 Å². The van der Waals surface area contributed by atoms with Gasteiger partial charge in [0.1, 0.15) is 22.6 Å². The van der Waals surface area contributed by atoms with Crippen LogP contribution in [-0.4, -0.2) is 45.7 Å². The minimum absolute atomic E-state index is 0.116. The fraction of sp³-hybridized carbons (Fsp3) is 0.250. The molecular weight excluding hydrogens is 422 g/mol. The zero-order chi connectivity index (χ0) is 23.4. The number of nitrogens with zero attached hydrogens (tertiary/aromatic N) is 3. The lowest BCUT2D eigenvalue weighted by Gasteiger charge is -2.17. The zero-order valence-corrected chi connectivity index (χ0v) is 18.4. The van der Waals surface area contributed by atoms with Crippen LogP contribution in [0.1, 0.15) is 24.2 Å². The predicted molar refractivity (Wildman–Crippen MR) is 125 cm³/mol. The molecule has 0 bridgehead atoms. The van der Waals surface area contributed by atoms with Gasteiger partial charge < -0.3 is 25.1 Å². The molecule has 2 aromatic heterocycles. The minimum atomic E-state index is -0.559. The summed E-state index contributed by atoms with van der Waals surface area (Å²) in [5, 5.41) is 2.89. The fourth-order valence-electron chi connectivity index (χ4n) is 3.61. The van der Waals surface area contributed by atoms with E-state index < -0.39 is 5.97 Å². The Bertz CT molecular complexity index is 1300. The van der Waals surface area contributed by atoms with Crippen molar-refractivity contribution < 1.29 is 19.1 Å². The summed E-state index contributed by atoms with van der Waals surface area (Å²) < 4.78 is 12.4. The Balaban J connectivity index is 1.59. The molecule has 0 radical (unpaired) electrons. The fourth-order valence-corrected chi connectivity index (χ4v) is 3.61. The summed E-state index contributed by atoms with van der Waals surface area (Å²) in [5.41, 5.74) is 8.69. The summed E-state index contributed by atoms with van der Waals surface area (Å²) in [6.45, 7) is 3.94. The monoisotopic (exact) mass is 447 g/mol. The number of nitrogen functional groups attached to an aromatic ring is 1. The quantitative estimate of drug-likeness (QED) is 0.398. The summed E-state index contributed by atoms with van der Waals surface area (Å²) in [4.78, 5) is 34.3. The lowest BCUT2D eigenvalue weighted by Crippen LogP contribution is -2.38. The molecule has 9 nitrogen and oxygen atoms in total. The largest absolute Gasteiger partial charge is 0.484 e. The Labute approximate surface area is 190 Å². The van der Waals surface area contributed by atoms with E-state index in [4.69, 9.17) is 15.2 Å². The van der Waals surface area contributed by atoms with E-state index in [1.165, 1.54) is 0 Å². The van der Waals surface area contributed by atoms with Crippen molar-refractivity contribution in [2.75, 3.05) is 18.9 Å². The summed E-state index contributed by atoms with van der Waals surface area (Å²) in [7, 11) is 0. The van der Waals surface area contributed by atoms with E-state index in [-0.39, 0.29) is 43.1 Å². The lowest BCUT2D eigenvalue weighted by molar-refractivity contribution is -0.123. The normalized spacial score (nSPS) is 11.9. The summed E-state index contributed by atoms with van der Waals surface area (Å²) >= 11 is 0. The molecule has 0 saturated carbocycles. The number of nitrogens with two attached hydrogens (primary N) is 1. The van der Waals surface area contributed by atoms with Gasteiger partial charge in [0.2, 0.25) is 0 Å². The first-order valence-corrected chi connectivity index (χ1v) is 10.7. The van der Waals surface area contributed by atoms with Crippen molar-refractivity contribution in [3.63, 3.8) is 0 Å². The van der Waals surface area contributed by atoms with Crippen LogP contribution in [0.15, 0.2) is 54.6 Å². The number of esters is 1. The average molecular weight is 447 g/mol. The van der Waals surface area contributed by atoms with Gasteiger partial charge in [-0.2, -0.15) is 0 Å². The minimum Gasteiger partial charge on any atom is -0.484 e. The molecule has 1 atom stereocenters. The standard InChI is InChI=1S/C24H25N5O4/c1-3-32-24(31)20-21-23(28-18-12-8-7-11-17(18)27-21)29(22(20)25)13-15(2)26-19(30)14-33-16-9-5-4-6-10-16/h4-12,15H,3,13-14,25H2,1-2H3,(H,26,30)/t15-/m1/s1. The molecular formula is C24H25N5O4. The van der Waals surface area contributed by atoms with Crippen molar-refractivity contribution in [1.82, 2.24) is 19.9 Å². The van der Waals surface area contributed by atoms with Gasteiger partial charge in [-0.15, -0.1) is 0 Å². The van der Waals surface area contributed by atoms with Gasteiger partial charge in [0.05, 0.1) is 17.6 Å². The lowest BCUT2D eigenvalue weighted by atomic mass is 10.2. The van der Waals surface area contributed by atoms with Gasteiger partial charge in [-0.05, 0) is 38.1 Å². The maximum atomic E-state index is 12.6. The van der Waals surface area contributed by atoms with Gasteiger partial charge >= 0.3 is 5.97 Å². The number of carbonyl (C=O) groups is 2. The van der Waals surface area contributed by atoms with Gasteiger partial charge in [-0.3, -0.25) is 4.79 Å². The molecule has 2 aromatic carbocycles. The first-order valence-electron chi connectivity index (χ1n) is 10.7. The first kappa shape index (κ1) is 22.1. The molecule has 4 rings (SSSR count). The second kappa shape index (κ2) is 9.56. The van der Waals surface area contributed by atoms with Crippen LogP contribution < -0.4 is 15.8 Å². The summed E-state index contributed by atoms with van der Waals surface area (Å²) in [6.07, 6.45) is 0. The number of hydrogen-bond donors (Lipinski definition) is 2. The maximum Gasteiger partial charge on any atom is 0.344 e. The Morgan fingerprint density at radius 1 is 1.06 bits per heavy atom. The Morgan fingerprint density at radius 3 is 2.42 bits per heavy atom. The molecule has 1 amide bonds. The SMILES string of the molecule is CCOC(=O)c1c(N)n(C[C@@H](C)NC(=O)COc2ccccc2)c2nc3ccccc3nc12. The number of aromatic nitrogens is 3. The molecule has 0 spiro atoms. The number of fused-ring (bicyclic) bond motifs is 2. The molecule has 33 heavy (non-hydrogen) atoms. The van der Waals surface area contributed by atoms with E-state index in [1.807, 2.05) is 49.4 Å². The van der Waals surface area contributed by atoms with Crippen molar-refractivity contribution in [3.05, 3.63) is 60.2 Å². The summed E-state index contributed by atoms with van der Waals surface area (Å²) in [6, 6.07) is 16.2. The van der Waals surface area contributed by atoms with E-state index in [1.54, 1.807) is 23.6 Å². The molecule has 0 unspecified atom stereocenters. The number of carbonyl (C=O) groups excluding carboxylic acids is 2. The summed E-state index contributed by atoms with van der Waals surface area (Å²) in [5.74, 6) is -0.0256. The van der Waals surface area contributed by atoms with Crippen molar-refractivity contribution in [3.8, 4) is 5.75 Å². The number of rotatable bonds is 8. The Hall–Kier alpha value is -4.14. The molecule has 9 heteroatoms. The van der Waals surface area contributed by atoms with E-state index in [9.17, 15) is 9.59 Å². The maximum absolute atomic E-state index is 12.6. The second-order valence-corrected chi connectivity index (χ2v) is 7.55. The molecule has 3 N–H and O–H groups in total. The molecule has 0 saturated heterocycles. The Morgan fingerprint density at radius 2 is 1.73 bits per heavy atom. The third kappa shape index (κ3) is 4.72. The third-order valence-corrected chi connectivity index (χ3v) is 5.05. The van der Waals surface area contributed by atoms with Gasteiger partial charge in [0.25, 0.3) is 5.91 Å². The van der Waals surface area contributed by atoms with E-state index in [0.717, 1.165) is 0 Å². The molecule has 0 aliphatic carbocycles. The number of ether oxygens (including phenoxy) is 2. The molecule has 0 aliphatic rings. The van der Waals surface area contributed by atoms with Gasteiger partial charge in [0.15, 0.2) is 12.3 Å². The number of nitrogens with one attached hydrogen (secondary N) is 1. The van der Waals surface area contributed by atoms with Crippen LogP contribution in [0.25, 0.3) is 22.2 Å². The van der Waals surface area contributed by atoms with Crippen molar-refractivity contribution in [2.24, 2.45) is 0 Å². The molecule has 170 valence electrons. The van der Waals surface area contributed by atoms with Crippen LogP contribution in [0.3, 0.4) is 0 Å². The van der Waals surface area contributed by atoms with Crippen molar-refractivity contribution in [1.29, 1.82) is 0 Å². The number of para-hydroxylation sites is 3. The van der Waals surface area contributed by atoms with Crippen LogP contribution in [0, 0.1) is 0 Å². The van der Waals surface area contributed by atoms with Crippen LogP contribution in [-0.2, 0) is 16.1 Å². The highest BCUT2D eigenvalue weighted by atomic mass is 16.5. The molecule has 2 heterocycles. The van der Waals surface area contributed by atoms with Crippen LogP contribution in [0.5, 0.6) is 5.75 Å². The number of anilines is 1. The number of hydrogen-bond acceptors (Lipinski definition) is 7. The predicted octanol–water partition coefficient (Wildman–Crippen LogP) is 2.93. The Kier molecular flexibility index (Phi) is 6.39. The number of amides is 1. The van der Waals surface area contributed by atoms with Gasteiger partial charge in [-0.1, -0.05) is 30.3 Å². The number of benzene rings is 2. The highest BCUT2D eigenvalue weighted by molar-refractivity contribution is 6.08. The van der Waals surface area contributed by atoms with Crippen molar-refractivity contribution in [2.45, 2.75) is 26.4 Å². The van der Waals surface area contributed by atoms with E-state index >= 15 is 0 Å². The van der Waals surface area contributed by atoms with E-state index in [0.29, 0.717) is 27.9 Å². The van der Waals surface area contributed by atoms with Gasteiger partial charge in [-0.25, -0.2) is 14.8 Å². The third-order valence-electron chi connectivity index (χ3n) is 5.05. The highest BCUT2D eigenvalue weighted by Crippen LogP contribution is 2.28. The van der Waals surface area contributed by atoms with Crippen molar-refractivity contribution >= 4 is 39.9 Å². The van der Waals surface area contributed by atoms with Crippen LogP contribution in [0.2, 0.25) is 0 Å². The zero-order valence-electron chi connectivity index (χ0n) is 18.4. The van der Waals surface area contributed by atoms with Crippen LogP contribution in [0.4, 0.5) is 5.82 Å². The molecule has 0 aliphatic heterocycles. The smallest absolute Gasteiger partial charge is 0.344 e. The average Bonchev–Trinajstić information content (AvgIpc) is 3.07. The van der Waals surface area contributed by atoms with Gasteiger partial charge in [0, 0.05) is 12.6 Å². The first-order chi connectivity index (χ1) is 16.0. The van der Waals surface area contributed by atoms with Crippen LogP contribution >= 0.6 is 0 Å². The highest BCUT2D eigenvalue weighted by Gasteiger charge is 2.26. The second-order valence-electron chi connectivity index (χ2n) is 7.55. The molecule has 4 aromatic rings. The molecule has 0 fully saturated rings.